The predicted molar refractivity (Wildman–Crippen MR) is 71.2 cm³/mol. The minimum Gasteiger partial charge on any atom is -0.316 e. The first kappa shape index (κ1) is 12.9. The zero-order chi connectivity index (χ0) is 13.3. The molecule has 18 heavy (non-hydrogen) atoms. The highest BCUT2D eigenvalue weighted by molar-refractivity contribution is 7.17. The van der Waals surface area contributed by atoms with E-state index in [0.717, 1.165) is 0 Å². The number of H-pyrrole nitrogens is 2. The Morgan fingerprint density at radius 3 is 2.67 bits per heavy atom. The Labute approximate surface area is 104 Å². The van der Waals surface area contributed by atoms with Gasteiger partial charge in [-0.2, -0.15) is 0 Å². The second-order valence-corrected chi connectivity index (χ2v) is 5.07. The third kappa shape index (κ3) is 2.66. The van der Waals surface area contributed by atoms with Gasteiger partial charge in [-0.1, -0.05) is 0 Å². The molecular weight excluding hydrogens is 256 g/mol. The highest BCUT2D eigenvalue weighted by Crippen LogP contribution is 2.15. The molecule has 1 aromatic heterocycles. The molecule has 7 heteroatoms. The molecule has 0 aliphatic rings. The number of aromatic amines is 2. The van der Waals surface area contributed by atoms with Gasteiger partial charge in [0.05, 0.1) is 11.0 Å². The van der Waals surface area contributed by atoms with Crippen LogP contribution in [0.1, 0.15) is 12.5 Å². The van der Waals surface area contributed by atoms with Crippen molar-refractivity contribution in [1.82, 2.24) is 15.3 Å². The Hall–Kier alpha value is -1.52. The van der Waals surface area contributed by atoms with Gasteiger partial charge in [-0.3, -0.25) is 9.59 Å². The Bertz CT molecular complexity index is 693. The summed E-state index contributed by atoms with van der Waals surface area (Å²) in [6.45, 7) is 2.32. The molecule has 5 nitrogen and oxygen atoms in total. The fourth-order valence-electron chi connectivity index (χ4n) is 1.67. The van der Waals surface area contributed by atoms with Gasteiger partial charge in [0, 0.05) is 12.3 Å². The van der Waals surface area contributed by atoms with E-state index in [9.17, 15) is 14.0 Å². The molecule has 2 rings (SSSR count). The van der Waals surface area contributed by atoms with Crippen molar-refractivity contribution in [2.45, 2.75) is 19.3 Å². The molecule has 0 radical (unpaired) electrons. The lowest BCUT2D eigenvalue weighted by atomic mass is 10.1. The number of fused-ring (bicyclic) bond motifs is 1. The van der Waals surface area contributed by atoms with Gasteiger partial charge < -0.3 is 15.3 Å². The van der Waals surface area contributed by atoms with Crippen molar-refractivity contribution in [2.24, 2.45) is 0 Å². The standard InChI is InChI=1S/C11H13FN3O2P/c1-5(18)13-4-6-2-7(12)3-8-9(6)15-11(17)10(16)14-8/h2-3,5,13H,4,18H2,1H3,(H,14,16)(H,15,17). The number of halogens is 1. The molecule has 0 aliphatic carbocycles. The number of benzene rings is 1. The number of hydrogen-bond acceptors (Lipinski definition) is 3. The number of hydrogen-bond donors (Lipinski definition) is 3. The van der Waals surface area contributed by atoms with E-state index >= 15 is 0 Å². The molecule has 1 heterocycles. The Balaban J connectivity index is 2.60. The first-order chi connectivity index (χ1) is 8.47. The third-order valence-electron chi connectivity index (χ3n) is 2.49. The van der Waals surface area contributed by atoms with Crippen LogP contribution in [0.3, 0.4) is 0 Å². The van der Waals surface area contributed by atoms with Crippen LogP contribution in [0.4, 0.5) is 4.39 Å². The molecule has 0 aliphatic heterocycles. The lowest BCUT2D eigenvalue weighted by Crippen LogP contribution is -2.29. The van der Waals surface area contributed by atoms with Crippen molar-refractivity contribution >= 4 is 20.3 Å². The predicted octanol–water partition coefficient (Wildman–Crippen LogP) is 0.666. The second kappa shape index (κ2) is 5.00. The van der Waals surface area contributed by atoms with Crippen LogP contribution in [-0.2, 0) is 6.54 Å². The maximum absolute atomic E-state index is 13.4. The topological polar surface area (TPSA) is 77.8 Å². The lowest BCUT2D eigenvalue weighted by molar-refractivity contribution is 0.621. The average Bonchev–Trinajstić information content (AvgIpc) is 2.28. The van der Waals surface area contributed by atoms with Crippen molar-refractivity contribution in [3.8, 4) is 0 Å². The summed E-state index contributed by atoms with van der Waals surface area (Å²) < 4.78 is 13.4. The van der Waals surface area contributed by atoms with Crippen LogP contribution in [0.5, 0.6) is 0 Å². The van der Waals surface area contributed by atoms with Crippen molar-refractivity contribution in [2.75, 3.05) is 0 Å². The van der Waals surface area contributed by atoms with Gasteiger partial charge in [0.2, 0.25) is 0 Å². The summed E-state index contributed by atoms with van der Waals surface area (Å²) in [5.74, 6) is -0.309. The zero-order valence-electron chi connectivity index (χ0n) is 9.71. The van der Waals surface area contributed by atoms with Crippen LogP contribution in [0, 0.1) is 5.82 Å². The molecule has 2 unspecified atom stereocenters. The minimum absolute atomic E-state index is 0.151. The van der Waals surface area contributed by atoms with Crippen molar-refractivity contribution < 1.29 is 4.39 Å². The van der Waals surface area contributed by atoms with Gasteiger partial charge >= 0.3 is 11.1 Å². The van der Waals surface area contributed by atoms with Gasteiger partial charge in [-0.25, -0.2) is 4.39 Å². The van der Waals surface area contributed by atoms with E-state index < -0.39 is 16.9 Å². The summed E-state index contributed by atoms with van der Waals surface area (Å²) in [5, 5.41) is 3.10. The Kier molecular flexibility index (Phi) is 3.59. The van der Waals surface area contributed by atoms with E-state index in [1.165, 1.54) is 12.1 Å². The Morgan fingerprint density at radius 1 is 1.33 bits per heavy atom. The summed E-state index contributed by atoms with van der Waals surface area (Å²) in [6, 6.07) is 2.51. The largest absolute Gasteiger partial charge is 0.316 e. The van der Waals surface area contributed by atoms with Crippen LogP contribution in [0.25, 0.3) is 11.0 Å². The molecular formula is C11H13FN3O2P. The van der Waals surface area contributed by atoms with E-state index in [0.29, 0.717) is 17.6 Å². The van der Waals surface area contributed by atoms with Crippen molar-refractivity contribution in [3.63, 3.8) is 0 Å². The van der Waals surface area contributed by atoms with Gasteiger partial charge in [0.1, 0.15) is 5.82 Å². The molecule has 96 valence electrons. The van der Waals surface area contributed by atoms with E-state index in [1.807, 2.05) is 6.92 Å². The summed E-state index contributed by atoms with van der Waals surface area (Å²) in [7, 11) is 2.56. The molecule has 0 amide bonds. The van der Waals surface area contributed by atoms with Crippen LogP contribution >= 0.6 is 9.24 Å². The maximum Gasteiger partial charge on any atom is 0.314 e. The summed E-state index contributed by atoms with van der Waals surface area (Å²) in [4.78, 5) is 27.3. The van der Waals surface area contributed by atoms with E-state index in [-0.39, 0.29) is 11.3 Å². The van der Waals surface area contributed by atoms with Crippen molar-refractivity contribution in [3.05, 3.63) is 44.2 Å². The SMILES string of the molecule is CC(P)NCc1cc(F)cc2[nH]c(=O)c(=O)[nH]c12. The van der Waals surface area contributed by atoms with E-state index in [1.54, 1.807) is 0 Å². The first-order valence-electron chi connectivity index (χ1n) is 5.41. The van der Waals surface area contributed by atoms with Crippen LogP contribution in [-0.4, -0.2) is 15.8 Å². The molecule has 1 aromatic carbocycles. The van der Waals surface area contributed by atoms with Crippen molar-refractivity contribution in [1.29, 1.82) is 0 Å². The molecule has 0 bridgehead atoms. The van der Waals surface area contributed by atoms with Gasteiger partial charge in [0.25, 0.3) is 0 Å². The molecule has 0 spiro atoms. The quantitative estimate of drug-likeness (QED) is 0.566. The molecule has 0 fully saturated rings. The number of aromatic nitrogens is 2. The molecule has 0 saturated heterocycles. The van der Waals surface area contributed by atoms with Crippen LogP contribution < -0.4 is 16.4 Å². The Morgan fingerprint density at radius 2 is 2.00 bits per heavy atom. The van der Waals surface area contributed by atoms with E-state index in [2.05, 4.69) is 24.5 Å². The zero-order valence-corrected chi connectivity index (χ0v) is 10.9. The van der Waals surface area contributed by atoms with Crippen LogP contribution in [0.15, 0.2) is 21.7 Å². The molecule has 3 N–H and O–H groups in total. The minimum atomic E-state index is -0.786. The van der Waals surface area contributed by atoms with Crippen LogP contribution in [0.2, 0.25) is 0 Å². The molecule has 0 saturated carbocycles. The lowest BCUT2D eigenvalue weighted by Gasteiger charge is -2.10. The second-order valence-electron chi connectivity index (χ2n) is 4.07. The first-order valence-corrected chi connectivity index (χ1v) is 6.08. The summed E-state index contributed by atoms with van der Waals surface area (Å²) in [5.41, 5.74) is -0.208. The summed E-state index contributed by atoms with van der Waals surface area (Å²) in [6.07, 6.45) is 0. The summed E-state index contributed by atoms with van der Waals surface area (Å²) >= 11 is 0. The number of rotatable bonds is 3. The highest BCUT2D eigenvalue weighted by Gasteiger charge is 2.08. The average molecular weight is 269 g/mol. The molecule has 2 atom stereocenters. The van der Waals surface area contributed by atoms with Gasteiger partial charge in [0.15, 0.2) is 0 Å². The molecule has 2 aromatic rings. The fourth-order valence-corrected chi connectivity index (χ4v) is 1.79. The number of nitrogens with one attached hydrogen (secondary N) is 3. The fraction of sp³-hybridized carbons (Fsp3) is 0.273. The monoisotopic (exact) mass is 269 g/mol. The third-order valence-corrected chi connectivity index (χ3v) is 2.73. The highest BCUT2D eigenvalue weighted by atomic mass is 31.0. The van der Waals surface area contributed by atoms with E-state index in [4.69, 9.17) is 0 Å². The smallest absolute Gasteiger partial charge is 0.314 e. The van der Waals surface area contributed by atoms with Gasteiger partial charge in [-0.15, -0.1) is 9.24 Å². The normalized spacial score (nSPS) is 12.8. The maximum atomic E-state index is 13.4. The van der Waals surface area contributed by atoms with Gasteiger partial charge in [-0.05, 0) is 24.6 Å².